The number of phenols is 2. The number of fused-ring (bicyclic) bond motifs is 2. The number of anilines is 8. The predicted molar refractivity (Wildman–Crippen MR) is 565 cm³/mol. The molecule has 0 aliphatic heterocycles. The summed E-state index contributed by atoms with van der Waals surface area (Å²) in [6, 6.07) is 39.4. The van der Waals surface area contributed by atoms with Crippen LogP contribution in [0.4, 0.5) is 44.1 Å². The Balaban J connectivity index is 0.000000229. The zero-order chi connectivity index (χ0) is 95.6. The molecule has 0 saturated heterocycles. The number of amides is 8. The van der Waals surface area contributed by atoms with Crippen molar-refractivity contribution in [2.24, 2.45) is 0 Å². The van der Waals surface area contributed by atoms with E-state index < -0.39 is 0 Å². The van der Waals surface area contributed by atoms with E-state index in [1.54, 1.807) is 55.7 Å². The van der Waals surface area contributed by atoms with E-state index in [1.807, 2.05) is 84.2 Å². The minimum atomic E-state index is -0.343. The van der Waals surface area contributed by atoms with Crippen molar-refractivity contribution in [2.45, 2.75) is 137 Å². The first kappa shape index (κ1) is 110. The molecule has 6 aromatic heterocycles. The smallest absolute Gasteiger partial charge is 0.235 e. The van der Waals surface area contributed by atoms with Gasteiger partial charge >= 0.3 is 0 Å². The Labute approximate surface area is 831 Å². The lowest BCUT2D eigenvalue weighted by Gasteiger charge is -2.21. The Bertz CT molecular complexity index is 5580. The van der Waals surface area contributed by atoms with Crippen LogP contribution in [0.2, 0.25) is 15.1 Å². The molecule has 1 aliphatic carbocycles. The van der Waals surface area contributed by atoms with Crippen molar-refractivity contribution in [3.63, 3.8) is 0 Å². The molecule has 0 spiro atoms. The van der Waals surface area contributed by atoms with Crippen LogP contribution in [0.25, 0.3) is 42.3 Å². The minimum absolute atomic E-state index is 0.00751. The number of hydrogen-bond donors (Lipinski definition) is 20. The van der Waals surface area contributed by atoms with E-state index in [9.17, 15) is 48.6 Å². The number of thiazole rings is 2. The van der Waals surface area contributed by atoms with Crippen molar-refractivity contribution in [1.29, 1.82) is 0 Å². The molecule has 1 atom stereocenters. The largest absolute Gasteiger partial charge is 0.506 e. The first-order valence-corrected chi connectivity index (χ1v) is 50.0. The van der Waals surface area contributed by atoms with Gasteiger partial charge in [-0.2, -0.15) is 111 Å². The average Bonchev–Trinajstić information content (AvgIpc) is 1.24. The molecule has 130 heavy (non-hydrogen) atoms. The second-order valence-corrected chi connectivity index (χ2v) is 37.5. The number of thiophene rings is 1. The molecule has 27 nitrogen and oxygen atoms in total. The summed E-state index contributed by atoms with van der Waals surface area (Å²) in [4.78, 5) is 99.8. The third-order valence-electron chi connectivity index (χ3n) is 18.6. The number of para-hydroxylation sites is 1. The lowest BCUT2D eigenvalue weighted by molar-refractivity contribution is -0.117. The van der Waals surface area contributed by atoms with Crippen LogP contribution in [0.5, 0.6) is 17.2 Å². The van der Waals surface area contributed by atoms with Gasteiger partial charge in [0.15, 0.2) is 27.6 Å². The Kier molecular flexibility index (Phi) is 49.2. The van der Waals surface area contributed by atoms with Crippen molar-refractivity contribution < 1.29 is 53.3 Å². The molecule has 12 aromatic rings. The molecule has 1 saturated carbocycles. The molecule has 1 unspecified atom stereocenters. The van der Waals surface area contributed by atoms with Crippen molar-refractivity contribution in [3.05, 3.63) is 181 Å². The van der Waals surface area contributed by atoms with Gasteiger partial charge in [-0.05, 0) is 187 Å². The molecule has 698 valence electrons. The molecule has 12 N–H and O–H groups in total. The van der Waals surface area contributed by atoms with Gasteiger partial charge in [-0.3, -0.25) is 53.9 Å². The molecule has 1 fully saturated rings. The van der Waals surface area contributed by atoms with Crippen LogP contribution >= 0.6 is 181 Å². The maximum atomic E-state index is 11.6. The summed E-state index contributed by atoms with van der Waals surface area (Å²) in [5, 5.41) is 68.6. The summed E-state index contributed by atoms with van der Waals surface area (Å²) in [6.45, 7) is 16.4. The number of methoxy groups -OCH3 is 1. The second kappa shape index (κ2) is 57.9. The number of aromatic hydroxyl groups is 2. The van der Waals surface area contributed by atoms with E-state index in [4.69, 9.17) is 39.5 Å². The van der Waals surface area contributed by atoms with Crippen LogP contribution in [0.1, 0.15) is 143 Å². The second-order valence-electron chi connectivity index (χ2n) is 29.4. The number of halogens is 3. The Morgan fingerprint density at radius 1 is 0.531 bits per heavy atom. The van der Waals surface area contributed by atoms with Gasteiger partial charge in [-0.15, -0.1) is 21.5 Å². The minimum Gasteiger partial charge on any atom is -0.506 e. The van der Waals surface area contributed by atoms with Gasteiger partial charge in [0.1, 0.15) is 16.5 Å². The summed E-state index contributed by atoms with van der Waals surface area (Å²) in [5.74, 6) is 3.54. The van der Waals surface area contributed by atoms with E-state index in [1.165, 1.54) is 83.3 Å². The van der Waals surface area contributed by atoms with Gasteiger partial charge in [0.2, 0.25) is 52.4 Å². The highest BCUT2D eigenvalue weighted by Gasteiger charge is 2.22. The highest BCUT2D eigenvalue weighted by molar-refractivity contribution is 7.82. The molecule has 8 amide bonds. The maximum absolute atomic E-state index is 11.6. The van der Waals surface area contributed by atoms with E-state index >= 15 is 0 Å². The summed E-state index contributed by atoms with van der Waals surface area (Å²) in [5.41, 5.74) is 11.2. The lowest BCUT2D eigenvalue weighted by Crippen LogP contribution is -2.16. The van der Waals surface area contributed by atoms with E-state index in [2.05, 4.69) is 245 Å². The maximum Gasteiger partial charge on any atom is 0.235 e. The lowest BCUT2D eigenvalue weighted by atomic mass is 9.87. The van der Waals surface area contributed by atoms with E-state index in [0.29, 0.717) is 84.4 Å². The van der Waals surface area contributed by atoms with Crippen LogP contribution in [0.3, 0.4) is 0 Å². The number of aryl methyl sites for hydroxylation is 2. The molecule has 42 heteroatoms. The number of nitrogens with zero attached hydrogens (tertiary/aromatic N) is 6. The van der Waals surface area contributed by atoms with E-state index in [-0.39, 0.29) is 109 Å². The van der Waals surface area contributed by atoms with Gasteiger partial charge in [-0.25, -0.2) is 9.97 Å². The summed E-state index contributed by atoms with van der Waals surface area (Å²) < 4.78 is 7.42. The van der Waals surface area contributed by atoms with Crippen molar-refractivity contribution in [1.82, 2.24) is 40.6 Å². The number of phenolic OH excluding ortho intramolecular Hbond substituents is 2. The molecular weight excluding hydrogens is 1950 g/mol. The average molecular weight is 2060 g/mol. The third kappa shape index (κ3) is 37.9. The van der Waals surface area contributed by atoms with Gasteiger partial charge in [-0.1, -0.05) is 165 Å². The van der Waals surface area contributed by atoms with E-state index in [0.717, 1.165) is 89.2 Å². The molecular formula is C88H107Cl3N16O11S12. The number of thiol groups is 8. The zero-order valence-corrected chi connectivity index (χ0v) is 85.4. The Morgan fingerprint density at radius 2 is 1.05 bits per heavy atom. The highest BCUT2D eigenvalue weighted by Crippen LogP contribution is 2.40. The number of carbonyl (C=O) groups excluding carboxylic acids is 8. The number of carbonyl (C=O) groups is 8. The van der Waals surface area contributed by atoms with Crippen LogP contribution in [-0.2, 0) is 43.8 Å². The predicted octanol–water partition coefficient (Wildman–Crippen LogP) is 22.1. The van der Waals surface area contributed by atoms with Crippen molar-refractivity contribution in [2.75, 3.05) is 95.7 Å². The quantitative estimate of drug-likeness (QED) is 0.0177. The Hall–Kier alpha value is -8.39. The molecule has 6 heterocycles. The summed E-state index contributed by atoms with van der Waals surface area (Å²) >= 11 is 55.0. The first-order valence-electron chi connectivity index (χ1n) is 40.5. The molecule has 1 aliphatic rings. The van der Waals surface area contributed by atoms with Crippen molar-refractivity contribution in [3.8, 4) is 39.1 Å². The third-order valence-corrected chi connectivity index (χ3v) is 25.8. The first-order chi connectivity index (χ1) is 62.1. The van der Waals surface area contributed by atoms with Gasteiger partial charge < -0.3 is 52.2 Å². The fourth-order valence-corrected chi connectivity index (χ4v) is 16.1. The monoisotopic (exact) mass is 2050 g/mol. The standard InChI is InChI=1S/C13H16N2OS2.C13H19NO2S.C12H17NO2S.C11H10ClN3OS.C11H12N2OS2.C10H15N3OS2.C9H9Cl2NO2S.C9H9N3OS2/c1-8-6-10-11(7-9(8)2)18-13(14-10)15-12(16)4-3-5-17;1-13(2,3)9-5-6-11(16-4)10(7-9)14-12(15)8-17;1-3-8(2)9-4-5-11(14)10(6-9)13-12(15)7-16;12-8-3-1-7(2-4-8)9-5-10(15-14-9)13-11(16)6-17;14-10(6-3-7-15)13-11-12-8-4-1-2-5-9(8)16-11;14-8(6-15)11-10-13-12-9(16-10)7-4-2-1-3-5-7;1-4-5(10)2-6(9(14)8(4)11)12-7(13)3-15;13-9(5-14)10-8-4-6(11-12-8)7-2-1-3-15-7/h6-7,17H,3-5H2,1-2H3,(H,14,15,16);5-7,17H,8H2,1-4H3,(H,14,15);4-6,8,14,16H,3,7H2,1-2H3,(H,13,15);1-5,17H,6H2,(H2,13,14,15,16);1-2,4-5,15H,3,6-7H2,(H,12,13,14);7,15H,1-6H2,(H,11,13,14);2,14-15H,3H2,1H3,(H,12,13);1-4,14H,5H2,(H2,10,11,12,13). The Morgan fingerprint density at radius 3 is 1.60 bits per heavy atom. The van der Waals surface area contributed by atoms with Gasteiger partial charge in [0.25, 0.3) is 0 Å². The van der Waals surface area contributed by atoms with Crippen molar-refractivity contribution >= 4 is 293 Å². The van der Waals surface area contributed by atoms with Crippen LogP contribution in [-0.4, -0.2) is 151 Å². The van der Waals surface area contributed by atoms with Crippen LogP contribution < -0.4 is 47.3 Å². The number of ether oxygens (including phenoxy) is 1. The van der Waals surface area contributed by atoms with Crippen LogP contribution in [0, 0.1) is 20.8 Å². The number of aromatic nitrogens is 8. The number of H-pyrrole nitrogens is 2. The fraction of sp³-hybridized carbons (Fsp3) is 0.341. The highest BCUT2D eigenvalue weighted by atomic mass is 35.5. The van der Waals surface area contributed by atoms with Crippen LogP contribution in [0.15, 0.2) is 133 Å². The number of nitrogens with one attached hydrogen (secondary N) is 10. The van der Waals surface area contributed by atoms with Gasteiger partial charge in [0, 0.05) is 40.9 Å². The number of aromatic amines is 2. The summed E-state index contributed by atoms with van der Waals surface area (Å²) in [7, 11) is 1.59. The topological polar surface area (TPSA) is 391 Å². The number of rotatable bonds is 26. The number of hydrogen-bond acceptors (Lipinski definition) is 29. The fourth-order valence-electron chi connectivity index (χ4n) is 11.3. The number of benzene rings is 6. The normalized spacial score (nSPS) is 11.6. The molecule has 13 rings (SSSR count). The zero-order valence-electron chi connectivity index (χ0n) is 72.7. The molecule has 6 aromatic carbocycles. The molecule has 0 bridgehead atoms. The SMILES string of the molecule is CCC(C)c1ccc(O)c(NC(=O)CS)c1.COc1ccc(C(C)(C)C)cc1NC(=O)CS.Cc1c(Cl)cc(NC(=O)CS)c(O)c1Cl.Cc1cc2nc(NC(=O)CCCS)sc2cc1C.O=C(CCCS)Nc1nc2ccccc2s1.O=C(CS)Nc1cc(-c2ccc(Cl)cc2)[nH]n1.O=C(CS)Nc1cc(-c2cccs2)[nH]n1.O=C(CS)Nc1nnc(C2CCCCC2)s1. The van der Waals surface area contributed by atoms with Gasteiger partial charge in [0.05, 0.1) is 100 Å². The molecule has 0 radical (unpaired) electrons. The summed E-state index contributed by atoms with van der Waals surface area (Å²) in [6.07, 6.45) is 9.90.